The van der Waals surface area contributed by atoms with Gasteiger partial charge in [-0.1, -0.05) is 11.6 Å². The second kappa shape index (κ2) is 7.17. The lowest BCUT2D eigenvalue weighted by atomic mass is 10.0. The maximum Gasteiger partial charge on any atom is 0.228 e. The van der Waals surface area contributed by atoms with Gasteiger partial charge in [0.1, 0.15) is 0 Å². The van der Waals surface area contributed by atoms with Crippen LogP contribution >= 0.6 is 11.6 Å². The monoisotopic (exact) mass is 400 g/mol. The number of rotatable bonds is 5. The molecule has 1 aromatic carbocycles. The minimum absolute atomic E-state index is 0.0868. The second-order valence-corrected chi connectivity index (χ2v) is 9.10. The fourth-order valence-electron chi connectivity index (χ4n) is 3.57. The number of methoxy groups -OCH3 is 1. The first-order valence-corrected chi connectivity index (χ1v) is 10.3. The van der Waals surface area contributed by atoms with E-state index >= 15 is 0 Å². The van der Waals surface area contributed by atoms with E-state index in [0.29, 0.717) is 30.3 Å². The molecule has 2 heterocycles. The number of amides is 2. The summed E-state index contributed by atoms with van der Waals surface area (Å²) in [6, 6.07) is 4.02. The van der Waals surface area contributed by atoms with Crippen molar-refractivity contribution < 1.29 is 22.7 Å². The summed E-state index contributed by atoms with van der Waals surface area (Å²) in [5.41, 5.74) is 0.536. The Morgan fingerprint density at radius 3 is 2.85 bits per heavy atom. The molecule has 142 valence electrons. The zero-order chi connectivity index (χ0) is 19.1. The molecule has 0 unspecified atom stereocenters. The quantitative estimate of drug-likeness (QED) is 0.739. The fraction of sp³-hybridized carbons (Fsp3) is 0.529. The van der Waals surface area contributed by atoms with Crippen molar-refractivity contribution in [3.05, 3.63) is 28.8 Å². The summed E-state index contributed by atoms with van der Waals surface area (Å²) in [7, 11) is -0.314. The number of carbonyl (C=O) groups excluding carboxylic acids is 2. The van der Waals surface area contributed by atoms with Crippen molar-refractivity contribution in [2.45, 2.75) is 17.4 Å². The van der Waals surface area contributed by atoms with Crippen LogP contribution in [0, 0.1) is 5.92 Å². The third kappa shape index (κ3) is 3.45. The number of likely N-dealkylation sites (tertiary alicyclic amines) is 1. The maximum atomic E-state index is 12.9. The number of hydrogen-bond donors (Lipinski definition) is 0. The fourth-order valence-corrected chi connectivity index (χ4v) is 5.58. The van der Waals surface area contributed by atoms with Gasteiger partial charge in [-0.2, -0.15) is 0 Å². The normalized spacial score (nSPS) is 24.0. The van der Waals surface area contributed by atoms with Gasteiger partial charge in [-0.15, -0.1) is 0 Å². The second-order valence-electron chi connectivity index (χ2n) is 6.66. The van der Waals surface area contributed by atoms with E-state index in [4.69, 9.17) is 16.3 Å². The predicted molar refractivity (Wildman–Crippen MR) is 95.6 cm³/mol. The number of sulfone groups is 1. The van der Waals surface area contributed by atoms with Crippen LogP contribution < -0.4 is 0 Å². The molecule has 0 spiro atoms. The first kappa shape index (κ1) is 19.1. The van der Waals surface area contributed by atoms with Crippen LogP contribution in [0.15, 0.2) is 23.1 Å². The van der Waals surface area contributed by atoms with Crippen LogP contribution in [0.25, 0.3) is 0 Å². The van der Waals surface area contributed by atoms with Gasteiger partial charge in [0, 0.05) is 38.7 Å². The van der Waals surface area contributed by atoms with E-state index in [2.05, 4.69) is 0 Å². The Morgan fingerprint density at radius 1 is 1.42 bits per heavy atom. The zero-order valence-corrected chi connectivity index (χ0v) is 16.2. The van der Waals surface area contributed by atoms with Crippen molar-refractivity contribution in [3.8, 4) is 0 Å². The van der Waals surface area contributed by atoms with Gasteiger partial charge in [0.2, 0.25) is 11.8 Å². The Morgan fingerprint density at radius 2 is 2.15 bits per heavy atom. The smallest absolute Gasteiger partial charge is 0.228 e. The van der Waals surface area contributed by atoms with Gasteiger partial charge in [-0.3, -0.25) is 9.59 Å². The first-order chi connectivity index (χ1) is 12.2. The zero-order valence-electron chi connectivity index (χ0n) is 14.6. The molecule has 0 bridgehead atoms. The Hall–Kier alpha value is -1.64. The van der Waals surface area contributed by atoms with E-state index in [1.807, 2.05) is 0 Å². The van der Waals surface area contributed by atoms with Crippen molar-refractivity contribution in [2.24, 2.45) is 5.92 Å². The molecule has 0 saturated carbocycles. The molecule has 2 amide bonds. The lowest BCUT2D eigenvalue weighted by Gasteiger charge is -2.27. The van der Waals surface area contributed by atoms with Crippen LogP contribution in [0.2, 0.25) is 5.02 Å². The topological polar surface area (TPSA) is 84.0 Å². The molecule has 9 heteroatoms. The van der Waals surface area contributed by atoms with Crippen LogP contribution in [-0.4, -0.2) is 69.6 Å². The van der Waals surface area contributed by atoms with Gasteiger partial charge in [0.25, 0.3) is 0 Å². The van der Waals surface area contributed by atoms with E-state index in [0.717, 1.165) is 0 Å². The average Bonchev–Trinajstić information content (AvgIpc) is 3.08. The summed E-state index contributed by atoms with van der Waals surface area (Å²) in [5.74, 6) is -0.961. The lowest BCUT2D eigenvalue weighted by Crippen LogP contribution is -2.38. The summed E-state index contributed by atoms with van der Waals surface area (Å²) >= 11 is 6.02. The maximum absolute atomic E-state index is 12.9. The number of hydrogen-bond acceptors (Lipinski definition) is 5. The molecule has 2 atom stereocenters. The van der Waals surface area contributed by atoms with Gasteiger partial charge < -0.3 is 14.5 Å². The van der Waals surface area contributed by atoms with Gasteiger partial charge in [-0.25, -0.2) is 8.42 Å². The molecule has 3 rings (SSSR count). The van der Waals surface area contributed by atoms with Crippen LogP contribution in [0.5, 0.6) is 0 Å². The van der Waals surface area contributed by atoms with Crippen LogP contribution in [-0.2, 0) is 24.2 Å². The summed E-state index contributed by atoms with van der Waals surface area (Å²) in [6.07, 6.45) is 0.134. The molecule has 2 aliphatic heterocycles. The Balaban J connectivity index is 1.78. The minimum atomic E-state index is -3.45. The molecule has 26 heavy (non-hydrogen) atoms. The van der Waals surface area contributed by atoms with E-state index < -0.39 is 21.8 Å². The SMILES string of the molecule is COCCN1C[C@H](C(=O)N(C)[C@H]2CS(=O)(=O)c3ccc(Cl)cc32)CC1=O. The lowest BCUT2D eigenvalue weighted by molar-refractivity contribution is -0.136. The molecule has 0 N–H and O–H groups in total. The van der Waals surface area contributed by atoms with Gasteiger partial charge in [0.15, 0.2) is 9.84 Å². The molecule has 1 fully saturated rings. The third-order valence-electron chi connectivity index (χ3n) is 4.99. The van der Waals surface area contributed by atoms with E-state index in [1.165, 1.54) is 17.0 Å². The number of nitrogens with zero attached hydrogens (tertiary/aromatic N) is 2. The van der Waals surface area contributed by atoms with E-state index in [9.17, 15) is 18.0 Å². The standard InChI is InChI=1S/C17H21ClN2O5S/c1-19(17(22)11-7-16(21)20(9-11)5-6-25-2)14-10-26(23,24)15-4-3-12(18)8-13(14)15/h3-4,8,11,14H,5-7,9-10H2,1-2H3/t11-,14+/m1/s1. The molecular formula is C17H21ClN2O5S. The van der Waals surface area contributed by atoms with E-state index in [1.54, 1.807) is 25.1 Å². The Labute approximate surface area is 157 Å². The van der Waals surface area contributed by atoms with Gasteiger partial charge in [0.05, 0.1) is 29.2 Å². The summed E-state index contributed by atoms with van der Waals surface area (Å²) in [5, 5.41) is 0.425. The predicted octanol–water partition coefficient (Wildman–Crippen LogP) is 1.12. The van der Waals surface area contributed by atoms with Gasteiger partial charge in [-0.05, 0) is 23.8 Å². The van der Waals surface area contributed by atoms with Crippen LogP contribution in [0.1, 0.15) is 18.0 Å². The van der Waals surface area contributed by atoms with Crippen molar-refractivity contribution >= 4 is 33.3 Å². The highest BCUT2D eigenvalue weighted by molar-refractivity contribution is 7.91. The van der Waals surface area contributed by atoms with Crippen LogP contribution in [0.4, 0.5) is 0 Å². The van der Waals surface area contributed by atoms with Crippen LogP contribution in [0.3, 0.4) is 0 Å². The van der Waals surface area contributed by atoms with Crippen molar-refractivity contribution in [1.82, 2.24) is 9.80 Å². The number of carbonyl (C=O) groups is 2. The molecule has 7 nitrogen and oxygen atoms in total. The van der Waals surface area contributed by atoms with E-state index in [-0.39, 0.29) is 28.9 Å². The Kier molecular flexibility index (Phi) is 5.28. The molecule has 1 saturated heterocycles. The van der Waals surface area contributed by atoms with Crippen molar-refractivity contribution in [1.29, 1.82) is 0 Å². The molecule has 2 aliphatic rings. The molecular weight excluding hydrogens is 380 g/mol. The highest BCUT2D eigenvalue weighted by Crippen LogP contribution is 2.39. The number of halogens is 1. The minimum Gasteiger partial charge on any atom is -0.383 e. The van der Waals surface area contributed by atoms with Crippen molar-refractivity contribution in [3.63, 3.8) is 0 Å². The number of benzene rings is 1. The highest BCUT2D eigenvalue weighted by atomic mass is 35.5. The first-order valence-electron chi connectivity index (χ1n) is 8.30. The summed E-state index contributed by atoms with van der Waals surface area (Å²) in [4.78, 5) is 28.2. The summed E-state index contributed by atoms with van der Waals surface area (Å²) in [6.45, 7) is 1.18. The largest absolute Gasteiger partial charge is 0.383 e. The average molecular weight is 401 g/mol. The number of fused-ring (bicyclic) bond motifs is 1. The molecule has 0 radical (unpaired) electrons. The highest BCUT2D eigenvalue weighted by Gasteiger charge is 2.42. The molecule has 0 aliphatic carbocycles. The van der Waals surface area contributed by atoms with Crippen molar-refractivity contribution in [2.75, 3.05) is 39.6 Å². The summed E-state index contributed by atoms with van der Waals surface area (Å²) < 4.78 is 29.8. The Bertz CT molecular complexity index is 842. The number of ether oxygens (including phenoxy) is 1. The molecule has 1 aromatic rings. The van der Waals surface area contributed by atoms with Gasteiger partial charge >= 0.3 is 0 Å². The molecule has 0 aromatic heterocycles. The third-order valence-corrected chi connectivity index (χ3v) is 7.02.